The Morgan fingerprint density at radius 3 is 2.52 bits per heavy atom. The van der Waals surface area contributed by atoms with Crippen LogP contribution in [0.3, 0.4) is 0 Å². The maximum atomic E-state index is 13.0. The molecule has 1 saturated carbocycles. The summed E-state index contributed by atoms with van der Waals surface area (Å²) in [5, 5.41) is 10.1. The average molecular weight is 364 g/mol. The zero-order valence-corrected chi connectivity index (χ0v) is 15.0. The van der Waals surface area contributed by atoms with Gasteiger partial charge in [0, 0.05) is 11.1 Å². The molecule has 0 heterocycles. The highest BCUT2D eigenvalue weighted by molar-refractivity contribution is 6.30. The van der Waals surface area contributed by atoms with Crippen molar-refractivity contribution in [1.29, 1.82) is 0 Å². The molecular weight excluding hydrogens is 344 g/mol. The molecule has 0 aromatic heterocycles. The standard InChI is InChI=1S/C22H20O5/c1-2-3-6-12-11-15(12)22(26)27-17-10-5-8-14-19(17)21(25)18-13(20(14)24)7-4-9-16(18)23/h4-5,7-10,12,15,23H,2-3,6,11H2,1H3/t12-,15+/m1/s1. The van der Waals surface area contributed by atoms with Crippen LogP contribution in [-0.2, 0) is 4.79 Å². The van der Waals surface area contributed by atoms with Gasteiger partial charge in [0.2, 0.25) is 5.78 Å². The Morgan fingerprint density at radius 2 is 1.78 bits per heavy atom. The maximum Gasteiger partial charge on any atom is 0.314 e. The number of aromatic hydroxyl groups is 1. The third-order valence-corrected chi connectivity index (χ3v) is 5.38. The van der Waals surface area contributed by atoms with Crippen LogP contribution in [0.25, 0.3) is 0 Å². The van der Waals surface area contributed by atoms with E-state index in [4.69, 9.17) is 4.74 Å². The number of benzene rings is 2. The van der Waals surface area contributed by atoms with E-state index in [1.165, 1.54) is 24.3 Å². The van der Waals surface area contributed by atoms with Gasteiger partial charge in [0.15, 0.2) is 5.78 Å². The number of ketones is 2. The molecule has 0 amide bonds. The van der Waals surface area contributed by atoms with E-state index in [9.17, 15) is 19.5 Å². The van der Waals surface area contributed by atoms with E-state index in [0.29, 0.717) is 5.92 Å². The number of hydrogen-bond donors (Lipinski definition) is 1. The summed E-state index contributed by atoms with van der Waals surface area (Å²) in [6.45, 7) is 2.11. The van der Waals surface area contributed by atoms with Crippen LogP contribution >= 0.6 is 0 Å². The number of rotatable bonds is 5. The van der Waals surface area contributed by atoms with Gasteiger partial charge in [-0.3, -0.25) is 14.4 Å². The molecule has 5 nitrogen and oxygen atoms in total. The fourth-order valence-corrected chi connectivity index (χ4v) is 3.78. The first-order valence-electron chi connectivity index (χ1n) is 9.29. The van der Waals surface area contributed by atoms with Crippen molar-refractivity contribution in [3.05, 3.63) is 58.7 Å². The second-order valence-electron chi connectivity index (χ2n) is 7.20. The van der Waals surface area contributed by atoms with Gasteiger partial charge in [-0.1, -0.05) is 44.0 Å². The number of carbonyl (C=O) groups is 3. The second-order valence-corrected chi connectivity index (χ2v) is 7.20. The molecule has 0 aliphatic heterocycles. The van der Waals surface area contributed by atoms with Crippen molar-refractivity contribution in [2.45, 2.75) is 32.6 Å². The van der Waals surface area contributed by atoms with Gasteiger partial charge in [0.1, 0.15) is 11.5 Å². The first kappa shape index (κ1) is 17.5. The van der Waals surface area contributed by atoms with Crippen LogP contribution < -0.4 is 4.74 Å². The SMILES string of the molecule is CCCC[C@@H]1C[C@@H]1C(=O)Oc1cccc2c1C(=O)c1c(O)cccc1C2=O. The molecule has 2 aromatic carbocycles. The van der Waals surface area contributed by atoms with Gasteiger partial charge in [0.25, 0.3) is 0 Å². The number of phenolic OH excluding ortho intramolecular Hbond substituents is 1. The zero-order valence-electron chi connectivity index (χ0n) is 15.0. The van der Waals surface area contributed by atoms with Crippen molar-refractivity contribution < 1.29 is 24.2 Å². The number of fused-ring (bicyclic) bond motifs is 2. The highest BCUT2D eigenvalue weighted by Crippen LogP contribution is 2.44. The smallest absolute Gasteiger partial charge is 0.314 e. The largest absolute Gasteiger partial charge is 0.507 e. The minimum atomic E-state index is -0.501. The number of ether oxygens (including phenoxy) is 1. The lowest BCUT2D eigenvalue weighted by Crippen LogP contribution is -2.23. The molecule has 2 atom stereocenters. The Hall–Kier alpha value is -2.95. The first-order chi connectivity index (χ1) is 13.0. The summed E-state index contributed by atoms with van der Waals surface area (Å²) in [5.41, 5.74) is 0.376. The molecule has 2 aliphatic carbocycles. The summed E-state index contributed by atoms with van der Waals surface area (Å²) in [6.07, 6.45) is 3.98. The van der Waals surface area contributed by atoms with Crippen LogP contribution in [0.4, 0.5) is 0 Å². The molecule has 2 aliphatic rings. The number of carbonyl (C=O) groups excluding carboxylic acids is 3. The fourth-order valence-electron chi connectivity index (χ4n) is 3.78. The number of unbranched alkanes of at least 4 members (excludes halogenated alkanes) is 1. The molecule has 138 valence electrons. The Bertz CT molecular complexity index is 959. The maximum absolute atomic E-state index is 13.0. The molecule has 1 N–H and O–H groups in total. The molecule has 27 heavy (non-hydrogen) atoms. The summed E-state index contributed by atoms with van der Waals surface area (Å²) >= 11 is 0. The Kier molecular flexibility index (Phi) is 4.30. The second kappa shape index (κ2) is 6.65. The molecule has 0 spiro atoms. The minimum Gasteiger partial charge on any atom is -0.507 e. The summed E-state index contributed by atoms with van der Waals surface area (Å²) in [7, 11) is 0. The Morgan fingerprint density at radius 1 is 1.07 bits per heavy atom. The van der Waals surface area contributed by atoms with E-state index < -0.39 is 5.78 Å². The van der Waals surface area contributed by atoms with Crippen molar-refractivity contribution in [2.24, 2.45) is 11.8 Å². The van der Waals surface area contributed by atoms with E-state index in [1.54, 1.807) is 12.1 Å². The Labute approximate surface area is 157 Å². The molecule has 0 radical (unpaired) electrons. The molecular formula is C22H20O5. The predicted molar refractivity (Wildman–Crippen MR) is 98.2 cm³/mol. The highest BCUT2D eigenvalue weighted by Gasteiger charge is 2.44. The zero-order chi connectivity index (χ0) is 19.1. The summed E-state index contributed by atoms with van der Waals surface area (Å²) in [6, 6.07) is 9.07. The highest BCUT2D eigenvalue weighted by atomic mass is 16.5. The van der Waals surface area contributed by atoms with Crippen molar-refractivity contribution in [2.75, 3.05) is 0 Å². The van der Waals surface area contributed by atoms with Crippen molar-refractivity contribution in [3.8, 4) is 11.5 Å². The molecule has 0 bridgehead atoms. The van der Waals surface area contributed by atoms with Gasteiger partial charge >= 0.3 is 5.97 Å². The summed E-state index contributed by atoms with van der Waals surface area (Å²) in [5.74, 6) is -1.17. The normalized spacial score (nSPS) is 20.0. The summed E-state index contributed by atoms with van der Waals surface area (Å²) < 4.78 is 5.53. The van der Waals surface area contributed by atoms with Crippen molar-refractivity contribution >= 4 is 17.5 Å². The van der Waals surface area contributed by atoms with E-state index in [-0.39, 0.29) is 51.4 Å². The third-order valence-electron chi connectivity index (χ3n) is 5.38. The van der Waals surface area contributed by atoms with E-state index in [2.05, 4.69) is 6.92 Å². The fraction of sp³-hybridized carbons (Fsp3) is 0.318. The van der Waals surface area contributed by atoms with Crippen LogP contribution in [0.1, 0.15) is 64.4 Å². The van der Waals surface area contributed by atoms with E-state index >= 15 is 0 Å². The molecule has 0 unspecified atom stereocenters. The van der Waals surface area contributed by atoms with E-state index in [1.807, 2.05) is 0 Å². The predicted octanol–water partition coefficient (Wildman–Crippen LogP) is 3.90. The van der Waals surface area contributed by atoms with Crippen LogP contribution in [0.15, 0.2) is 36.4 Å². The van der Waals surface area contributed by atoms with Gasteiger partial charge in [-0.25, -0.2) is 0 Å². The average Bonchev–Trinajstić information content (AvgIpc) is 3.44. The van der Waals surface area contributed by atoms with Crippen molar-refractivity contribution in [3.63, 3.8) is 0 Å². The van der Waals surface area contributed by atoms with Crippen LogP contribution in [0, 0.1) is 11.8 Å². The lowest BCUT2D eigenvalue weighted by Gasteiger charge is -2.20. The topological polar surface area (TPSA) is 80.7 Å². The van der Waals surface area contributed by atoms with Crippen LogP contribution in [-0.4, -0.2) is 22.6 Å². The minimum absolute atomic E-state index is 0.0363. The van der Waals surface area contributed by atoms with Gasteiger partial charge in [-0.2, -0.15) is 0 Å². The quantitative estimate of drug-likeness (QED) is 0.548. The number of esters is 1. The lowest BCUT2D eigenvalue weighted by atomic mass is 9.83. The lowest BCUT2D eigenvalue weighted by molar-refractivity contribution is -0.136. The summed E-state index contributed by atoms with van der Waals surface area (Å²) in [4.78, 5) is 38.2. The molecule has 1 fully saturated rings. The molecule has 2 aromatic rings. The van der Waals surface area contributed by atoms with Crippen LogP contribution in [0.2, 0.25) is 0 Å². The van der Waals surface area contributed by atoms with Crippen molar-refractivity contribution in [1.82, 2.24) is 0 Å². The Balaban J connectivity index is 1.64. The van der Waals surface area contributed by atoms with Crippen LogP contribution in [0.5, 0.6) is 11.5 Å². The number of phenols is 1. The molecule has 5 heteroatoms. The molecule has 4 rings (SSSR count). The van der Waals surface area contributed by atoms with Gasteiger partial charge in [0.05, 0.1) is 17.0 Å². The van der Waals surface area contributed by atoms with Gasteiger partial charge < -0.3 is 9.84 Å². The monoisotopic (exact) mass is 364 g/mol. The van der Waals surface area contributed by atoms with Gasteiger partial charge in [-0.15, -0.1) is 0 Å². The van der Waals surface area contributed by atoms with Gasteiger partial charge in [-0.05, 0) is 30.9 Å². The third kappa shape index (κ3) is 2.93. The molecule has 0 saturated heterocycles. The van der Waals surface area contributed by atoms with E-state index in [0.717, 1.165) is 25.7 Å². The number of hydrogen-bond acceptors (Lipinski definition) is 5. The first-order valence-corrected chi connectivity index (χ1v) is 9.29.